The number of amides is 1. The summed E-state index contributed by atoms with van der Waals surface area (Å²) in [4.78, 5) is 17.4. The predicted molar refractivity (Wildman–Crippen MR) is 110 cm³/mol. The van der Waals surface area contributed by atoms with Crippen LogP contribution in [-0.4, -0.2) is 35.1 Å². The van der Waals surface area contributed by atoms with Crippen molar-refractivity contribution in [3.05, 3.63) is 67.2 Å². The van der Waals surface area contributed by atoms with E-state index < -0.39 is 0 Å². The SMILES string of the molecule is CN(CC(=O)N1N=C(c2cccs2)CC1c1cccs1)Cc1ccsc1. The van der Waals surface area contributed by atoms with Gasteiger partial charge in [-0.1, -0.05) is 12.1 Å². The van der Waals surface area contributed by atoms with Crippen LogP contribution in [0.25, 0.3) is 0 Å². The lowest BCUT2D eigenvalue weighted by Crippen LogP contribution is -2.36. The number of hydrogen-bond donors (Lipinski definition) is 0. The van der Waals surface area contributed by atoms with E-state index >= 15 is 0 Å². The molecule has 0 radical (unpaired) electrons. The molecule has 0 spiro atoms. The normalized spacial score (nSPS) is 17.1. The number of carbonyl (C=O) groups excluding carboxylic acids is 1. The van der Waals surface area contributed by atoms with Gasteiger partial charge in [0.15, 0.2) is 0 Å². The van der Waals surface area contributed by atoms with Crippen LogP contribution in [0.3, 0.4) is 0 Å². The van der Waals surface area contributed by atoms with Gasteiger partial charge in [0.1, 0.15) is 0 Å². The molecule has 1 atom stereocenters. The van der Waals surface area contributed by atoms with E-state index in [-0.39, 0.29) is 11.9 Å². The maximum atomic E-state index is 13.0. The summed E-state index contributed by atoms with van der Waals surface area (Å²) in [5, 5.41) is 14.7. The molecule has 4 rings (SSSR count). The van der Waals surface area contributed by atoms with Crippen molar-refractivity contribution in [2.24, 2.45) is 5.10 Å². The first-order chi connectivity index (χ1) is 12.7. The Kier molecular flexibility index (Phi) is 5.31. The fraction of sp³-hybridized carbons (Fsp3) is 0.263. The first kappa shape index (κ1) is 17.6. The Bertz CT molecular complexity index is 869. The third kappa shape index (κ3) is 3.81. The second kappa shape index (κ2) is 7.84. The third-order valence-electron chi connectivity index (χ3n) is 4.28. The highest BCUT2D eigenvalue weighted by molar-refractivity contribution is 7.12. The van der Waals surface area contributed by atoms with Crippen LogP contribution in [0.15, 0.2) is 57.0 Å². The Morgan fingerprint density at radius 3 is 2.77 bits per heavy atom. The molecular weight excluding hydrogens is 382 g/mol. The molecule has 0 fully saturated rings. The van der Waals surface area contributed by atoms with Crippen molar-refractivity contribution in [1.82, 2.24) is 9.91 Å². The molecule has 3 aromatic heterocycles. The second-order valence-corrected chi connectivity index (χ2v) is 9.01. The molecule has 0 N–H and O–H groups in total. The standard InChI is InChI=1S/C19H19N3OS3/c1-21(11-14-6-9-24-13-14)12-19(23)22-16(18-5-3-8-26-18)10-15(20-22)17-4-2-7-25-17/h2-9,13,16H,10-12H2,1H3. The smallest absolute Gasteiger partial charge is 0.257 e. The number of nitrogens with zero attached hydrogens (tertiary/aromatic N) is 3. The van der Waals surface area contributed by atoms with Crippen LogP contribution in [-0.2, 0) is 11.3 Å². The first-order valence-corrected chi connectivity index (χ1v) is 11.1. The summed E-state index contributed by atoms with van der Waals surface area (Å²) in [6, 6.07) is 10.3. The van der Waals surface area contributed by atoms with E-state index in [4.69, 9.17) is 5.10 Å². The number of rotatable bonds is 6. The number of thiophene rings is 3. The quantitative estimate of drug-likeness (QED) is 0.601. The lowest BCUT2D eigenvalue weighted by Gasteiger charge is -2.23. The molecule has 0 aromatic carbocycles. The maximum absolute atomic E-state index is 13.0. The number of hydrogen-bond acceptors (Lipinski definition) is 6. The molecule has 1 unspecified atom stereocenters. The van der Waals surface area contributed by atoms with Crippen molar-refractivity contribution in [1.29, 1.82) is 0 Å². The lowest BCUT2D eigenvalue weighted by atomic mass is 10.1. The minimum atomic E-state index is 0.00847. The van der Waals surface area contributed by atoms with Crippen molar-refractivity contribution < 1.29 is 4.79 Å². The van der Waals surface area contributed by atoms with Gasteiger partial charge in [-0.15, -0.1) is 22.7 Å². The molecule has 1 aliphatic heterocycles. The summed E-state index contributed by atoms with van der Waals surface area (Å²) in [7, 11) is 1.98. The van der Waals surface area contributed by atoms with E-state index in [0.717, 1.165) is 23.6 Å². The molecular formula is C19H19N3OS3. The van der Waals surface area contributed by atoms with Gasteiger partial charge in [0, 0.05) is 17.8 Å². The number of carbonyl (C=O) groups is 1. The lowest BCUT2D eigenvalue weighted by molar-refractivity contribution is -0.134. The molecule has 7 heteroatoms. The fourth-order valence-corrected chi connectivity index (χ4v) is 5.28. The van der Waals surface area contributed by atoms with Crippen LogP contribution >= 0.6 is 34.0 Å². The molecule has 26 heavy (non-hydrogen) atoms. The molecule has 4 nitrogen and oxygen atoms in total. The van der Waals surface area contributed by atoms with Gasteiger partial charge in [0.25, 0.3) is 5.91 Å². The monoisotopic (exact) mass is 401 g/mol. The fourth-order valence-electron chi connectivity index (χ4n) is 3.09. The molecule has 0 aliphatic carbocycles. The Labute approximate surface area is 165 Å². The summed E-state index contributed by atoms with van der Waals surface area (Å²) in [5.41, 5.74) is 2.25. The Hall–Kier alpha value is -1.80. The van der Waals surface area contributed by atoms with Gasteiger partial charge < -0.3 is 0 Å². The minimum Gasteiger partial charge on any atom is -0.293 e. The van der Waals surface area contributed by atoms with Crippen molar-refractivity contribution in [3.8, 4) is 0 Å². The molecule has 0 bridgehead atoms. The van der Waals surface area contributed by atoms with Gasteiger partial charge in [-0.2, -0.15) is 16.4 Å². The highest BCUT2D eigenvalue weighted by atomic mass is 32.1. The number of likely N-dealkylation sites (N-methyl/N-ethyl adjacent to an activating group) is 1. The summed E-state index contributed by atoms with van der Waals surface area (Å²) < 4.78 is 0. The summed E-state index contributed by atoms with van der Waals surface area (Å²) in [5.74, 6) is 0.0488. The Balaban J connectivity index is 1.51. The molecule has 1 aliphatic rings. The van der Waals surface area contributed by atoms with Gasteiger partial charge in [0.05, 0.1) is 23.2 Å². The zero-order valence-corrected chi connectivity index (χ0v) is 16.8. The van der Waals surface area contributed by atoms with Gasteiger partial charge in [0.2, 0.25) is 0 Å². The van der Waals surface area contributed by atoms with Gasteiger partial charge >= 0.3 is 0 Å². The zero-order valence-electron chi connectivity index (χ0n) is 14.4. The average molecular weight is 402 g/mol. The van der Waals surface area contributed by atoms with Crippen LogP contribution in [0.1, 0.15) is 27.8 Å². The maximum Gasteiger partial charge on any atom is 0.257 e. The van der Waals surface area contributed by atoms with E-state index in [1.807, 2.05) is 19.2 Å². The van der Waals surface area contributed by atoms with Crippen LogP contribution in [0.2, 0.25) is 0 Å². The molecule has 134 valence electrons. The van der Waals surface area contributed by atoms with E-state index in [9.17, 15) is 4.79 Å². The molecule has 3 aromatic rings. The van der Waals surface area contributed by atoms with E-state index in [0.29, 0.717) is 6.54 Å². The highest BCUT2D eigenvalue weighted by Gasteiger charge is 2.34. The molecule has 0 saturated carbocycles. The van der Waals surface area contributed by atoms with Crippen molar-refractivity contribution in [2.75, 3.05) is 13.6 Å². The summed E-state index contributed by atoms with van der Waals surface area (Å²) in [6.07, 6.45) is 0.779. The summed E-state index contributed by atoms with van der Waals surface area (Å²) >= 11 is 5.04. The molecule has 0 saturated heterocycles. The van der Waals surface area contributed by atoms with Gasteiger partial charge in [-0.3, -0.25) is 9.69 Å². The Morgan fingerprint density at radius 2 is 2.08 bits per heavy atom. The van der Waals surface area contributed by atoms with Crippen molar-refractivity contribution >= 4 is 45.6 Å². The van der Waals surface area contributed by atoms with Gasteiger partial charge in [-0.05, 0) is 52.3 Å². The van der Waals surface area contributed by atoms with Crippen LogP contribution in [0.4, 0.5) is 0 Å². The topological polar surface area (TPSA) is 35.9 Å². The predicted octanol–water partition coefficient (Wildman–Crippen LogP) is 4.68. The Morgan fingerprint density at radius 1 is 1.23 bits per heavy atom. The van der Waals surface area contributed by atoms with Crippen molar-refractivity contribution in [2.45, 2.75) is 19.0 Å². The zero-order chi connectivity index (χ0) is 17.9. The number of hydrazone groups is 1. The second-order valence-electron chi connectivity index (χ2n) is 6.30. The van der Waals surface area contributed by atoms with E-state index in [1.54, 1.807) is 39.0 Å². The summed E-state index contributed by atoms with van der Waals surface area (Å²) in [6.45, 7) is 1.13. The average Bonchev–Trinajstić information content (AvgIpc) is 3.39. The van der Waals surface area contributed by atoms with Crippen LogP contribution < -0.4 is 0 Å². The third-order valence-corrected chi connectivity index (χ3v) is 6.91. The van der Waals surface area contributed by atoms with Gasteiger partial charge in [-0.25, -0.2) is 5.01 Å². The molecule has 1 amide bonds. The molecule has 4 heterocycles. The highest BCUT2D eigenvalue weighted by Crippen LogP contribution is 2.35. The minimum absolute atomic E-state index is 0.00847. The van der Waals surface area contributed by atoms with Crippen LogP contribution in [0.5, 0.6) is 0 Å². The van der Waals surface area contributed by atoms with E-state index in [1.165, 1.54) is 10.4 Å². The van der Waals surface area contributed by atoms with Crippen molar-refractivity contribution in [3.63, 3.8) is 0 Å². The largest absolute Gasteiger partial charge is 0.293 e. The van der Waals surface area contributed by atoms with E-state index in [2.05, 4.69) is 44.6 Å². The first-order valence-electron chi connectivity index (χ1n) is 8.37. The van der Waals surface area contributed by atoms with Crippen LogP contribution in [0, 0.1) is 0 Å².